The van der Waals surface area contributed by atoms with Gasteiger partial charge in [-0.2, -0.15) is 13.5 Å². The molecule has 2 N–H and O–H groups in total. The molecule has 0 aliphatic heterocycles. The standard InChI is InChI=1S/C7H11NO.H2S/c1-3-6-4-7(6,8)5(2)9;/h3,6H,1,4,8H2,2H3;1H2/t6-,7-;/m0./s1. The summed E-state index contributed by atoms with van der Waals surface area (Å²) in [6.45, 7) is 5.10. The fourth-order valence-electron chi connectivity index (χ4n) is 1.00. The molecule has 0 radical (unpaired) electrons. The molecule has 10 heavy (non-hydrogen) atoms. The van der Waals surface area contributed by atoms with Gasteiger partial charge in [-0.3, -0.25) is 4.79 Å². The van der Waals surface area contributed by atoms with E-state index in [0.29, 0.717) is 0 Å². The monoisotopic (exact) mass is 159 g/mol. The van der Waals surface area contributed by atoms with Crippen molar-refractivity contribution in [2.45, 2.75) is 18.9 Å². The third-order valence-corrected chi connectivity index (χ3v) is 2.00. The Morgan fingerprint density at radius 3 is 2.50 bits per heavy atom. The van der Waals surface area contributed by atoms with Gasteiger partial charge in [-0.05, 0) is 13.3 Å². The number of rotatable bonds is 2. The second kappa shape index (κ2) is 2.76. The van der Waals surface area contributed by atoms with Gasteiger partial charge >= 0.3 is 0 Å². The van der Waals surface area contributed by atoms with Crippen molar-refractivity contribution in [3.05, 3.63) is 12.7 Å². The molecule has 0 bridgehead atoms. The van der Waals surface area contributed by atoms with Crippen LogP contribution in [-0.4, -0.2) is 11.3 Å². The Kier molecular flexibility index (Phi) is 2.68. The fraction of sp³-hybridized carbons (Fsp3) is 0.571. The molecule has 0 aromatic heterocycles. The average Bonchev–Trinajstić information content (AvgIpc) is 2.44. The summed E-state index contributed by atoms with van der Waals surface area (Å²) < 4.78 is 0. The smallest absolute Gasteiger partial charge is 0.150 e. The largest absolute Gasteiger partial charge is 0.318 e. The maximum Gasteiger partial charge on any atom is 0.150 e. The maximum absolute atomic E-state index is 10.7. The first-order valence-corrected chi connectivity index (χ1v) is 3.03. The number of carbonyl (C=O) groups is 1. The topological polar surface area (TPSA) is 43.1 Å². The van der Waals surface area contributed by atoms with E-state index in [1.807, 2.05) is 0 Å². The lowest BCUT2D eigenvalue weighted by atomic mass is 10.1. The molecule has 0 spiro atoms. The van der Waals surface area contributed by atoms with Gasteiger partial charge in [0.1, 0.15) is 5.78 Å². The van der Waals surface area contributed by atoms with Crippen LogP contribution in [0.25, 0.3) is 0 Å². The summed E-state index contributed by atoms with van der Waals surface area (Å²) in [5.41, 5.74) is 5.08. The summed E-state index contributed by atoms with van der Waals surface area (Å²) in [6, 6.07) is 0. The maximum atomic E-state index is 10.7. The van der Waals surface area contributed by atoms with Crippen molar-refractivity contribution >= 4 is 19.3 Å². The van der Waals surface area contributed by atoms with E-state index >= 15 is 0 Å². The normalized spacial score (nSPS) is 36.0. The van der Waals surface area contributed by atoms with Crippen LogP contribution >= 0.6 is 13.5 Å². The lowest BCUT2D eigenvalue weighted by molar-refractivity contribution is -0.119. The van der Waals surface area contributed by atoms with Crippen LogP contribution in [0, 0.1) is 5.92 Å². The van der Waals surface area contributed by atoms with Crippen LogP contribution in [0.15, 0.2) is 12.7 Å². The Morgan fingerprint density at radius 2 is 2.40 bits per heavy atom. The number of hydrogen-bond donors (Lipinski definition) is 1. The van der Waals surface area contributed by atoms with Gasteiger partial charge in [-0.25, -0.2) is 0 Å². The van der Waals surface area contributed by atoms with E-state index < -0.39 is 5.54 Å². The number of Topliss-reactive ketones (excluding diaryl/α,β-unsaturated/α-hetero) is 1. The Labute approximate surface area is 67.9 Å². The van der Waals surface area contributed by atoms with Crippen LogP contribution in [0.1, 0.15) is 13.3 Å². The third-order valence-electron chi connectivity index (χ3n) is 2.00. The zero-order valence-electron chi connectivity index (χ0n) is 6.05. The Morgan fingerprint density at radius 1 is 1.90 bits per heavy atom. The Hall–Kier alpha value is -0.280. The highest BCUT2D eigenvalue weighted by Gasteiger charge is 2.52. The van der Waals surface area contributed by atoms with Crippen molar-refractivity contribution in [2.75, 3.05) is 0 Å². The molecule has 1 aliphatic carbocycles. The van der Waals surface area contributed by atoms with E-state index in [2.05, 4.69) is 6.58 Å². The lowest BCUT2D eigenvalue weighted by Crippen LogP contribution is -2.32. The minimum absolute atomic E-state index is 0. The minimum atomic E-state index is -0.540. The van der Waals surface area contributed by atoms with Gasteiger partial charge in [0.2, 0.25) is 0 Å². The molecular formula is C7H13NOS. The molecule has 1 saturated carbocycles. The van der Waals surface area contributed by atoms with E-state index in [1.54, 1.807) is 6.08 Å². The summed E-state index contributed by atoms with van der Waals surface area (Å²) >= 11 is 0. The molecule has 1 aliphatic rings. The minimum Gasteiger partial charge on any atom is -0.318 e. The molecular weight excluding hydrogens is 146 g/mol. The van der Waals surface area contributed by atoms with Gasteiger partial charge in [0.25, 0.3) is 0 Å². The Bertz CT molecular complexity index is 169. The van der Waals surface area contributed by atoms with Crippen molar-refractivity contribution < 1.29 is 4.79 Å². The fourth-order valence-corrected chi connectivity index (χ4v) is 1.00. The van der Waals surface area contributed by atoms with Crippen molar-refractivity contribution in [1.29, 1.82) is 0 Å². The van der Waals surface area contributed by atoms with Crippen LogP contribution in [0.3, 0.4) is 0 Å². The third kappa shape index (κ3) is 1.25. The highest BCUT2D eigenvalue weighted by molar-refractivity contribution is 7.59. The van der Waals surface area contributed by atoms with Crippen molar-refractivity contribution in [3.8, 4) is 0 Å². The summed E-state index contributed by atoms with van der Waals surface area (Å²) in [7, 11) is 0. The Balaban J connectivity index is 0.000000810. The summed E-state index contributed by atoms with van der Waals surface area (Å²) in [5.74, 6) is 0.308. The second-order valence-corrected chi connectivity index (χ2v) is 2.64. The lowest BCUT2D eigenvalue weighted by Gasteiger charge is -2.01. The van der Waals surface area contributed by atoms with E-state index in [9.17, 15) is 4.79 Å². The highest BCUT2D eigenvalue weighted by Crippen LogP contribution is 2.42. The van der Waals surface area contributed by atoms with Crippen LogP contribution in [-0.2, 0) is 4.79 Å². The summed E-state index contributed by atoms with van der Waals surface area (Å²) in [6.07, 6.45) is 2.53. The molecule has 0 aromatic rings. The van der Waals surface area contributed by atoms with E-state index in [4.69, 9.17) is 5.73 Å². The predicted octanol–water partition coefficient (Wildman–Crippen LogP) is 0.592. The molecule has 0 amide bonds. The van der Waals surface area contributed by atoms with Gasteiger partial charge in [0, 0.05) is 5.92 Å². The molecule has 1 fully saturated rings. The molecule has 3 heteroatoms. The van der Waals surface area contributed by atoms with Crippen LogP contribution < -0.4 is 5.73 Å². The van der Waals surface area contributed by atoms with Crippen LogP contribution in [0.4, 0.5) is 0 Å². The SMILES string of the molecule is C=C[C@H]1C[C@]1(N)C(C)=O.S. The van der Waals surface area contributed by atoms with Gasteiger partial charge in [0.05, 0.1) is 5.54 Å². The molecule has 2 atom stereocenters. The first-order chi connectivity index (χ1) is 4.11. The highest BCUT2D eigenvalue weighted by atomic mass is 32.1. The molecule has 2 nitrogen and oxygen atoms in total. The summed E-state index contributed by atoms with van der Waals surface area (Å²) in [4.78, 5) is 10.7. The van der Waals surface area contributed by atoms with E-state index in [0.717, 1.165) is 6.42 Å². The molecule has 0 aromatic carbocycles. The molecule has 0 saturated heterocycles. The number of hydrogen-bond acceptors (Lipinski definition) is 2. The van der Waals surface area contributed by atoms with Crippen LogP contribution in [0.2, 0.25) is 0 Å². The van der Waals surface area contributed by atoms with Gasteiger partial charge in [-0.1, -0.05) is 6.08 Å². The van der Waals surface area contributed by atoms with Gasteiger partial charge in [0.15, 0.2) is 0 Å². The van der Waals surface area contributed by atoms with Crippen molar-refractivity contribution in [3.63, 3.8) is 0 Å². The zero-order chi connectivity index (χ0) is 7.07. The van der Waals surface area contributed by atoms with Gasteiger partial charge in [-0.15, -0.1) is 6.58 Å². The molecule has 1 rings (SSSR count). The number of carbonyl (C=O) groups excluding carboxylic acids is 1. The number of ketones is 1. The number of nitrogens with two attached hydrogens (primary N) is 1. The van der Waals surface area contributed by atoms with E-state index in [-0.39, 0.29) is 25.2 Å². The quantitative estimate of drug-likeness (QED) is 0.599. The summed E-state index contributed by atoms with van der Waals surface area (Å²) in [5, 5.41) is 0. The molecule has 0 unspecified atom stereocenters. The second-order valence-electron chi connectivity index (χ2n) is 2.64. The van der Waals surface area contributed by atoms with Crippen LogP contribution in [0.5, 0.6) is 0 Å². The first kappa shape index (κ1) is 9.72. The van der Waals surface area contributed by atoms with Gasteiger partial charge < -0.3 is 5.73 Å². The van der Waals surface area contributed by atoms with Crippen molar-refractivity contribution in [1.82, 2.24) is 0 Å². The average molecular weight is 159 g/mol. The predicted molar refractivity (Wildman–Crippen MR) is 46.3 cm³/mol. The van der Waals surface area contributed by atoms with E-state index in [1.165, 1.54) is 6.92 Å². The molecule has 58 valence electrons. The zero-order valence-corrected chi connectivity index (χ0v) is 7.05. The van der Waals surface area contributed by atoms with Crippen molar-refractivity contribution in [2.24, 2.45) is 11.7 Å². The molecule has 0 heterocycles. The first-order valence-electron chi connectivity index (χ1n) is 3.03.